The molecule has 0 aromatic rings. The van der Waals surface area contributed by atoms with Crippen LogP contribution in [0, 0.1) is 0 Å². The molecule has 1 amide bonds. The van der Waals surface area contributed by atoms with Crippen LogP contribution in [0.3, 0.4) is 0 Å². The highest BCUT2D eigenvalue weighted by atomic mass is 32.2. The molecule has 0 radical (unpaired) electrons. The number of hydrogen-bond acceptors (Lipinski definition) is 4. The summed E-state index contributed by atoms with van der Waals surface area (Å²) in [7, 11) is -3.23. The maximum Gasteiger partial charge on any atom is 0.249 e. The zero-order valence-corrected chi connectivity index (χ0v) is 5.73. The Morgan fingerprint density at radius 2 is 2.11 bits per heavy atom. The molecule has 0 aromatic carbocycles. The molecule has 5 nitrogen and oxygen atoms in total. The fraction of sp³-hybridized carbons (Fsp3) is 0.667. The quantitative estimate of drug-likeness (QED) is 0.272. The Balaban J connectivity index is 3.91. The average molecular weight is 152 g/mol. The van der Waals surface area contributed by atoms with Crippen LogP contribution in [-0.2, 0) is 14.6 Å². The van der Waals surface area contributed by atoms with Gasteiger partial charge in [-0.2, -0.15) is 0 Å². The largest absolute Gasteiger partial charge is 0.293 e. The predicted molar refractivity (Wildman–Crippen MR) is 32.0 cm³/mol. The first-order valence-corrected chi connectivity index (χ1v) is 4.19. The molecule has 0 bridgehead atoms. The van der Waals surface area contributed by atoms with E-state index in [1.54, 1.807) is 5.43 Å². The molecule has 0 saturated heterocycles. The number of hydrogen-bond donors (Lipinski definition) is 2. The number of carbonyl (C=O) groups excluding carboxylic acids is 1. The van der Waals surface area contributed by atoms with Crippen LogP contribution in [-0.4, -0.2) is 26.3 Å². The van der Waals surface area contributed by atoms with Gasteiger partial charge in [0.2, 0.25) is 5.91 Å². The lowest BCUT2D eigenvalue weighted by Crippen LogP contribution is -2.34. The van der Waals surface area contributed by atoms with Gasteiger partial charge in [0.25, 0.3) is 0 Å². The van der Waals surface area contributed by atoms with E-state index in [9.17, 15) is 13.2 Å². The molecule has 9 heavy (non-hydrogen) atoms. The van der Waals surface area contributed by atoms with E-state index in [0.29, 0.717) is 0 Å². The highest BCUT2D eigenvalue weighted by Gasteiger charge is 2.07. The van der Waals surface area contributed by atoms with Crippen molar-refractivity contribution in [3.05, 3.63) is 0 Å². The second-order valence-electron chi connectivity index (χ2n) is 1.64. The fourth-order valence-corrected chi connectivity index (χ4v) is 0.839. The van der Waals surface area contributed by atoms with Crippen LogP contribution in [0.4, 0.5) is 0 Å². The van der Waals surface area contributed by atoms with Crippen LogP contribution < -0.4 is 11.3 Å². The predicted octanol–water partition coefficient (Wildman–Crippen LogP) is -1.98. The van der Waals surface area contributed by atoms with Crippen molar-refractivity contribution in [2.45, 2.75) is 0 Å². The van der Waals surface area contributed by atoms with Crippen molar-refractivity contribution in [2.24, 2.45) is 5.84 Å². The summed E-state index contributed by atoms with van der Waals surface area (Å²) in [5, 5.41) is 0. The minimum atomic E-state index is -3.23. The first-order chi connectivity index (χ1) is 3.95. The molecule has 0 saturated carbocycles. The Hall–Kier alpha value is -0.620. The summed E-state index contributed by atoms with van der Waals surface area (Å²) in [5.74, 6) is 3.37. The van der Waals surface area contributed by atoms with Gasteiger partial charge in [-0.25, -0.2) is 14.3 Å². The molecule has 54 valence electrons. The third-order valence-electron chi connectivity index (χ3n) is 0.554. The van der Waals surface area contributed by atoms with Crippen LogP contribution in [0.25, 0.3) is 0 Å². The van der Waals surface area contributed by atoms with Gasteiger partial charge >= 0.3 is 0 Å². The second kappa shape index (κ2) is 2.79. The Kier molecular flexibility index (Phi) is 2.60. The van der Waals surface area contributed by atoms with Gasteiger partial charge in [0.15, 0.2) is 9.84 Å². The molecular formula is C3H8N2O3S. The molecule has 3 N–H and O–H groups in total. The third kappa shape index (κ3) is 5.25. The van der Waals surface area contributed by atoms with E-state index >= 15 is 0 Å². The van der Waals surface area contributed by atoms with Gasteiger partial charge in [-0.1, -0.05) is 0 Å². The zero-order chi connectivity index (χ0) is 7.49. The van der Waals surface area contributed by atoms with E-state index in [2.05, 4.69) is 5.84 Å². The highest BCUT2D eigenvalue weighted by molar-refractivity contribution is 7.91. The average Bonchev–Trinajstić information content (AvgIpc) is 1.62. The molecule has 0 fully saturated rings. The van der Waals surface area contributed by atoms with Gasteiger partial charge in [-0.05, 0) is 0 Å². The van der Waals surface area contributed by atoms with Crippen LogP contribution in [0.1, 0.15) is 0 Å². The topological polar surface area (TPSA) is 89.3 Å². The summed E-state index contributed by atoms with van der Waals surface area (Å²) < 4.78 is 20.6. The lowest BCUT2D eigenvalue weighted by atomic mass is 10.8. The first kappa shape index (κ1) is 8.38. The maximum atomic E-state index is 10.3. The summed E-state index contributed by atoms with van der Waals surface area (Å²) >= 11 is 0. The summed E-state index contributed by atoms with van der Waals surface area (Å²) in [4.78, 5) is 10.2. The number of nitrogens with one attached hydrogen (secondary N) is 1. The molecular weight excluding hydrogens is 144 g/mol. The van der Waals surface area contributed by atoms with E-state index < -0.39 is 21.5 Å². The zero-order valence-electron chi connectivity index (χ0n) is 4.92. The minimum absolute atomic E-state index is 0.552. The molecule has 6 heteroatoms. The molecule has 0 aliphatic rings. The van der Waals surface area contributed by atoms with Crippen molar-refractivity contribution < 1.29 is 13.2 Å². The number of rotatable bonds is 2. The Labute approximate surface area is 53.1 Å². The number of sulfone groups is 1. The molecule has 0 atom stereocenters. The Bertz CT molecular complexity index is 195. The molecule has 0 heterocycles. The number of hydrazine groups is 1. The fourth-order valence-electron chi connectivity index (χ4n) is 0.280. The molecule has 0 aromatic heterocycles. The van der Waals surface area contributed by atoms with Crippen molar-refractivity contribution in [3.8, 4) is 0 Å². The van der Waals surface area contributed by atoms with Gasteiger partial charge in [0.05, 0.1) is 0 Å². The van der Waals surface area contributed by atoms with Gasteiger partial charge in [-0.3, -0.25) is 10.2 Å². The lowest BCUT2D eigenvalue weighted by Gasteiger charge is -1.94. The lowest BCUT2D eigenvalue weighted by molar-refractivity contribution is -0.118. The molecule has 0 rings (SSSR count). The first-order valence-electron chi connectivity index (χ1n) is 2.13. The Morgan fingerprint density at radius 1 is 1.67 bits per heavy atom. The summed E-state index contributed by atoms with van der Waals surface area (Å²) in [6.07, 6.45) is 0.961. The van der Waals surface area contributed by atoms with E-state index in [-0.39, 0.29) is 0 Å². The van der Waals surface area contributed by atoms with Crippen LogP contribution in [0.2, 0.25) is 0 Å². The number of carbonyl (C=O) groups is 1. The summed E-state index contributed by atoms with van der Waals surface area (Å²) in [6.45, 7) is 0. The third-order valence-corrected chi connectivity index (χ3v) is 1.34. The van der Waals surface area contributed by atoms with Crippen molar-refractivity contribution in [1.82, 2.24) is 5.43 Å². The van der Waals surface area contributed by atoms with E-state index in [1.165, 1.54) is 0 Å². The van der Waals surface area contributed by atoms with E-state index in [4.69, 9.17) is 0 Å². The minimum Gasteiger partial charge on any atom is -0.293 e. The van der Waals surface area contributed by atoms with Crippen LogP contribution >= 0.6 is 0 Å². The van der Waals surface area contributed by atoms with Gasteiger partial charge in [-0.15, -0.1) is 0 Å². The van der Waals surface area contributed by atoms with Crippen molar-refractivity contribution in [2.75, 3.05) is 12.0 Å². The van der Waals surface area contributed by atoms with Gasteiger partial charge in [0, 0.05) is 6.26 Å². The number of nitrogens with two attached hydrogens (primary N) is 1. The Morgan fingerprint density at radius 3 is 2.22 bits per heavy atom. The SMILES string of the molecule is CS(=O)(=O)CC(=O)NN. The maximum absolute atomic E-state index is 10.3. The summed E-state index contributed by atoms with van der Waals surface area (Å²) in [5.41, 5.74) is 1.70. The normalized spacial score (nSPS) is 10.9. The van der Waals surface area contributed by atoms with E-state index in [1.807, 2.05) is 0 Å². The second-order valence-corrected chi connectivity index (χ2v) is 3.78. The molecule has 0 aliphatic carbocycles. The van der Waals surface area contributed by atoms with Gasteiger partial charge in [0.1, 0.15) is 5.75 Å². The van der Waals surface area contributed by atoms with E-state index in [0.717, 1.165) is 6.26 Å². The van der Waals surface area contributed by atoms with Crippen LogP contribution in [0.5, 0.6) is 0 Å². The number of amides is 1. The molecule has 0 unspecified atom stereocenters. The monoisotopic (exact) mass is 152 g/mol. The van der Waals surface area contributed by atoms with Crippen molar-refractivity contribution in [1.29, 1.82) is 0 Å². The summed E-state index contributed by atoms with van der Waals surface area (Å²) in [6, 6.07) is 0. The van der Waals surface area contributed by atoms with Crippen molar-refractivity contribution >= 4 is 15.7 Å². The van der Waals surface area contributed by atoms with Crippen molar-refractivity contribution in [3.63, 3.8) is 0 Å². The standard InChI is InChI=1S/C3H8N2O3S/c1-9(7,8)2-3(6)5-4/h2,4H2,1H3,(H,5,6). The highest BCUT2D eigenvalue weighted by Crippen LogP contribution is 1.79. The molecule has 0 aliphatic heterocycles. The molecule has 0 spiro atoms. The smallest absolute Gasteiger partial charge is 0.249 e. The van der Waals surface area contributed by atoms with Crippen LogP contribution in [0.15, 0.2) is 0 Å². The van der Waals surface area contributed by atoms with Gasteiger partial charge < -0.3 is 0 Å².